The molecule has 3 N–H and O–H groups in total. The van der Waals surface area contributed by atoms with Crippen LogP contribution in [0.1, 0.15) is 47.2 Å². The zero-order valence-corrected chi connectivity index (χ0v) is 13.1. The number of carbonyl (C=O) groups excluding carboxylic acids is 1. The predicted octanol–water partition coefficient (Wildman–Crippen LogP) is 2.97. The highest BCUT2D eigenvalue weighted by atomic mass is 35.5. The van der Waals surface area contributed by atoms with Crippen molar-refractivity contribution in [2.45, 2.75) is 45.6 Å². The monoisotopic (exact) mass is 296 g/mol. The smallest absolute Gasteiger partial charge is 0.251 e. The van der Waals surface area contributed by atoms with Crippen molar-refractivity contribution in [1.82, 2.24) is 5.32 Å². The Morgan fingerprint density at radius 3 is 2.80 bits per heavy atom. The van der Waals surface area contributed by atoms with Gasteiger partial charge in [0.1, 0.15) is 0 Å². The van der Waals surface area contributed by atoms with Crippen molar-refractivity contribution >= 4 is 18.3 Å². The lowest BCUT2D eigenvalue weighted by molar-refractivity contribution is 0.0941. The molecule has 1 amide bonds. The number of rotatable bonds is 3. The first-order valence-electron chi connectivity index (χ1n) is 7.17. The maximum atomic E-state index is 12.2. The van der Waals surface area contributed by atoms with Gasteiger partial charge in [-0.25, -0.2) is 0 Å². The maximum absolute atomic E-state index is 12.2. The van der Waals surface area contributed by atoms with E-state index in [2.05, 4.69) is 5.32 Å². The first kappa shape index (κ1) is 17.0. The van der Waals surface area contributed by atoms with Crippen LogP contribution in [0.25, 0.3) is 0 Å². The standard InChI is InChI=1S/C16H24N2O.ClH/c1-11-6-7-12(2)15(8-11)16(19)18-10-13-4-3-5-14(17)9-13;/h6-8,13-14H,3-5,9-10,17H2,1-2H3,(H,18,19);1H. The molecule has 1 aromatic rings. The Kier molecular flexibility index (Phi) is 6.50. The van der Waals surface area contributed by atoms with Crippen LogP contribution >= 0.6 is 12.4 Å². The van der Waals surface area contributed by atoms with Gasteiger partial charge < -0.3 is 11.1 Å². The van der Waals surface area contributed by atoms with E-state index in [0.29, 0.717) is 12.0 Å². The quantitative estimate of drug-likeness (QED) is 0.901. The molecule has 2 atom stereocenters. The molecule has 2 rings (SSSR count). The lowest BCUT2D eigenvalue weighted by atomic mass is 9.86. The minimum absolute atomic E-state index is 0. The largest absolute Gasteiger partial charge is 0.352 e. The number of aryl methyl sites for hydroxylation is 2. The van der Waals surface area contributed by atoms with Crippen LogP contribution in [0, 0.1) is 19.8 Å². The second kappa shape index (κ2) is 7.65. The van der Waals surface area contributed by atoms with Crippen molar-refractivity contribution in [3.8, 4) is 0 Å². The zero-order chi connectivity index (χ0) is 13.8. The van der Waals surface area contributed by atoms with Gasteiger partial charge >= 0.3 is 0 Å². The van der Waals surface area contributed by atoms with Gasteiger partial charge in [0, 0.05) is 18.2 Å². The molecular weight excluding hydrogens is 272 g/mol. The Morgan fingerprint density at radius 2 is 2.10 bits per heavy atom. The fourth-order valence-electron chi connectivity index (χ4n) is 2.83. The molecule has 0 saturated heterocycles. The van der Waals surface area contributed by atoms with Gasteiger partial charge in [0.05, 0.1) is 0 Å². The summed E-state index contributed by atoms with van der Waals surface area (Å²) in [5, 5.41) is 3.06. The molecular formula is C16H25ClN2O. The molecule has 1 saturated carbocycles. The van der Waals surface area contributed by atoms with Crippen LogP contribution in [0.3, 0.4) is 0 Å². The molecule has 3 nitrogen and oxygen atoms in total. The summed E-state index contributed by atoms with van der Waals surface area (Å²) in [5.41, 5.74) is 8.92. The third kappa shape index (κ3) is 4.50. The molecule has 112 valence electrons. The fraction of sp³-hybridized carbons (Fsp3) is 0.562. The average Bonchev–Trinajstić information content (AvgIpc) is 2.39. The van der Waals surface area contributed by atoms with Gasteiger partial charge in [0.2, 0.25) is 0 Å². The SMILES string of the molecule is Cc1ccc(C)c(C(=O)NCC2CCCC(N)C2)c1.Cl. The molecule has 1 aliphatic carbocycles. The van der Waals surface area contributed by atoms with E-state index in [9.17, 15) is 4.79 Å². The third-order valence-corrected chi connectivity index (χ3v) is 4.01. The predicted molar refractivity (Wildman–Crippen MR) is 85.4 cm³/mol. The fourth-order valence-corrected chi connectivity index (χ4v) is 2.83. The number of nitrogens with one attached hydrogen (secondary N) is 1. The van der Waals surface area contributed by atoms with Gasteiger partial charge in [-0.3, -0.25) is 4.79 Å². The summed E-state index contributed by atoms with van der Waals surface area (Å²) in [6.45, 7) is 4.74. The number of carbonyl (C=O) groups is 1. The van der Waals surface area contributed by atoms with Crippen LogP contribution in [0.15, 0.2) is 18.2 Å². The Bertz CT molecular complexity index is 462. The number of halogens is 1. The summed E-state index contributed by atoms with van der Waals surface area (Å²) in [6, 6.07) is 6.31. The highest BCUT2D eigenvalue weighted by Gasteiger charge is 2.20. The minimum atomic E-state index is 0. The highest BCUT2D eigenvalue weighted by molar-refractivity contribution is 5.95. The molecule has 1 aliphatic rings. The second-order valence-corrected chi connectivity index (χ2v) is 5.82. The lowest BCUT2D eigenvalue weighted by Crippen LogP contribution is -2.35. The van der Waals surface area contributed by atoms with Gasteiger partial charge in [-0.1, -0.05) is 24.1 Å². The van der Waals surface area contributed by atoms with E-state index < -0.39 is 0 Å². The normalized spacial score (nSPS) is 21.9. The Morgan fingerprint density at radius 1 is 1.35 bits per heavy atom. The molecule has 1 aromatic carbocycles. The number of nitrogens with two attached hydrogens (primary N) is 1. The van der Waals surface area contributed by atoms with Crippen LogP contribution in [0.2, 0.25) is 0 Å². The van der Waals surface area contributed by atoms with E-state index in [1.807, 2.05) is 32.0 Å². The summed E-state index contributed by atoms with van der Waals surface area (Å²) in [4.78, 5) is 12.2. The summed E-state index contributed by atoms with van der Waals surface area (Å²) in [6.07, 6.45) is 4.53. The van der Waals surface area contributed by atoms with Crippen LogP contribution in [-0.2, 0) is 0 Å². The molecule has 4 heteroatoms. The third-order valence-electron chi connectivity index (χ3n) is 4.01. The van der Waals surface area contributed by atoms with Crippen molar-refractivity contribution in [3.63, 3.8) is 0 Å². The number of hydrogen-bond donors (Lipinski definition) is 2. The van der Waals surface area contributed by atoms with Crippen molar-refractivity contribution in [2.75, 3.05) is 6.54 Å². The lowest BCUT2D eigenvalue weighted by Gasteiger charge is -2.26. The van der Waals surface area contributed by atoms with Gasteiger partial charge in [-0.15, -0.1) is 12.4 Å². The molecule has 0 radical (unpaired) electrons. The number of benzene rings is 1. The molecule has 0 aromatic heterocycles. The maximum Gasteiger partial charge on any atom is 0.251 e. The molecule has 0 spiro atoms. The Hall–Kier alpha value is -1.06. The summed E-state index contributed by atoms with van der Waals surface area (Å²) in [7, 11) is 0. The van der Waals surface area contributed by atoms with Gasteiger partial charge in [-0.05, 0) is 50.7 Å². The zero-order valence-electron chi connectivity index (χ0n) is 12.3. The molecule has 1 fully saturated rings. The van der Waals surface area contributed by atoms with Crippen molar-refractivity contribution in [1.29, 1.82) is 0 Å². The Balaban J connectivity index is 0.00000200. The molecule has 0 heterocycles. The summed E-state index contributed by atoms with van der Waals surface area (Å²) >= 11 is 0. The Labute approximate surface area is 127 Å². The summed E-state index contributed by atoms with van der Waals surface area (Å²) in [5.74, 6) is 0.582. The highest BCUT2D eigenvalue weighted by Crippen LogP contribution is 2.22. The topological polar surface area (TPSA) is 55.1 Å². The van der Waals surface area contributed by atoms with Crippen LogP contribution in [0.4, 0.5) is 0 Å². The van der Waals surface area contributed by atoms with E-state index in [1.165, 1.54) is 12.8 Å². The minimum Gasteiger partial charge on any atom is -0.352 e. The van der Waals surface area contributed by atoms with E-state index in [1.54, 1.807) is 0 Å². The van der Waals surface area contributed by atoms with Crippen molar-refractivity contribution in [2.24, 2.45) is 11.7 Å². The number of hydrogen-bond acceptors (Lipinski definition) is 2. The molecule has 20 heavy (non-hydrogen) atoms. The van der Waals surface area contributed by atoms with Crippen LogP contribution in [0.5, 0.6) is 0 Å². The van der Waals surface area contributed by atoms with Gasteiger partial charge in [0.15, 0.2) is 0 Å². The number of amides is 1. The van der Waals surface area contributed by atoms with Gasteiger partial charge in [0.25, 0.3) is 5.91 Å². The van der Waals surface area contributed by atoms with E-state index in [4.69, 9.17) is 5.73 Å². The van der Waals surface area contributed by atoms with Crippen molar-refractivity contribution in [3.05, 3.63) is 34.9 Å². The van der Waals surface area contributed by atoms with Crippen LogP contribution < -0.4 is 11.1 Å². The van der Waals surface area contributed by atoms with E-state index in [-0.39, 0.29) is 18.3 Å². The first-order valence-corrected chi connectivity index (χ1v) is 7.17. The van der Waals surface area contributed by atoms with E-state index in [0.717, 1.165) is 36.1 Å². The second-order valence-electron chi connectivity index (χ2n) is 5.82. The molecule has 2 unspecified atom stereocenters. The first-order chi connectivity index (χ1) is 9.06. The van der Waals surface area contributed by atoms with Crippen LogP contribution in [-0.4, -0.2) is 18.5 Å². The molecule has 0 bridgehead atoms. The van der Waals surface area contributed by atoms with E-state index >= 15 is 0 Å². The summed E-state index contributed by atoms with van der Waals surface area (Å²) < 4.78 is 0. The van der Waals surface area contributed by atoms with Crippen molar-refractivity contribution < 1.29 is 4.79 Å². The molecule has 0 aliphatic heterocycles. The van der Waals surface area contributed by atoms with Gasteiger partial charge in [-0.2, -0.15) is 0 Å². The average molecular weight is 297 g/mol.